The van der Waals surface area contributed by atoms with E-state index < -0.39 is 11.8 Å². The van der Waals surface area contributed by atoms with Gasteiger partial charge in [-0.2, -0.15) is 0 Å². The molecule has 0 amide bonds. The van der Waals surface area contributed by atoms with Gasteiger partial charge in [0.1, 0.15) is 5.82 Å². The van der Waals surface area contributed by atoms with Crippen LogP contribution in [0.3, 0.4) is 0 Å². The summed E-state index contributed by atoms with van der Waals surface area (Å²) in [4.78, 5) is 10.8. The van der Waals surface area contributed by atoms with E-state index in [1.54, 1.807) is 6.92 Å². The lowest BCUT2D eigenvalue weighted by Gasteiger charge is -1.99. The van der Waals surface area contributed by atoms with E-state index in [1.807, 2.05) is 0 Å². The first-order valence-corrected chi connectivity index (χ1v) is 3.63. The maximum absolute atomic E-state index is 12.8. The molecule has 0 heterocycles. The Morgan fingerprint density at radius 3 is 2.75 bits per heavy atom. The van der Waals surface area contributed by atoms with E-state index in [0.29, 0.717) is 5.56 Å². The fourth-order valence-electron chi connectivity index (χ4n) is 0.773. The summed E-state index contributed by atoms with van der Waals surface area (Å²) in [6, 6.07) is 4.11. The van der Waals surface area contributed by atoms with Crippen LogP contribution in [0.25, 0.3) is 0 Å². The second kappa shape index (κ2) is 3.58. The maximum Gasteiger partial charge on any atom is 0.350 e. The van der Waals surface area contributed by atoms with Gasteiger partial charge in [-0.1, -0.05) is 6.07 Å². The molecule has 0 atom stereocenters. The van der Waals surface area contributed by atoms with Gasteiger partial charge in [-0.3, -0.25) is 0 Å². The van der Waals surface area contributed by atoms with Crippen LogP contribution in [-0.2, 0) is 4.18 Å². The predicted molar refractivity (Wildman–Crippen MR) is 45.5 cm³/mol. The zero-order valence-electron chi connectivity index (χ0n) is 6.37. The number of carbonyl (C=O) groups is 1. The maximum atomic E-state index is 12.8. The fourth-order valence-corrected chi connectivity index (χ4v) is 0.878. The number of halogens is 1. The molecule has 0 aliphatic heterocycles. The summed E-state index contributed by atoms with van der Waals surface area (Å²) in [5, 5.41) is 0. The van der Waals surface area contributed by atoms with Gasteiger partial charge in [0.15, 0.2) is 0 Å². The van der Waals surface area contributed by atoms with E-state index in [2.05, 4.69) is 17.1 Å². The van der Waals surface area contributed by atoms with Crippen molar-refractivity contribution in [2.75, 3.05) is 0 Å². The summed E-state index contributed by atoms with van der Waals surface area (Å²) in [6.45, 7) is 1.62. The van der Waals surface area contributed by atoms with Crippen molar-refractivity contribution in [1.29, 1.82) is 0 Å². The molecular formula is C8H7FO2S. The monoisotopic (exact) mass is 186 g/mol. The van der Waals surface area contributed by atoms with Crippen LogP contribution in [-0.4, -0.2) is 5.97 Å². The first-order chi connectivity index (χ1) is 5.65. The fraction of sp³-hybridized carbons (Fsp3) is 0.125. The highest BCUT2D eigenvalue weighted by Crippen LogP contribution is 2.10. The van der Waals surface area contributed by atoms with Crippen molar-refractivity contribution in [3.8, 4) is 0 Å². The van der Waals surface area contributed by atoms with Gasteiger partial charge in [0.25, 0.3) is 0 Å². The van der Waals surface area contributed by atoms with Crippen LogP contribution in [0.2, 0.25) is 0 Å². The van der Waals surface area contributed by atoms with E-state index in [4.69, 9.17) is 0 Å². The van der Waals surface area contributed by atoms with Crippen LogP contribution < -0.4 is 0 Å². The smallest absolute Gasteiger partial charge is 0.350 e. The van der Waals surface area contributed by atoms with Crippen molar-refractivity contribution in [2.45, 2.75) is 6.92 Å². The molecule has 0 aliphatic carbocycles. The van der Waals surface area contributed by atoms with E-state index in [9.17, 15) is 9.18 Å². The van der Waals surface area contributed by atoms with Crippen LogP contribution in [0.1, 0.15) is 15.9 Å². The molecule has 0 radical (unpaired) electrons. The number of hydrogen-bond acceptors (Lipinski definition) is 3. The topological polar surface area (TPSA) is 26.3 Å². The molecule has 1 aromatic rings. The highest BCUT2D eigenvalue weighted by Gasteiger charge is 2.07. The minimum Gasteiger partial charge on any atom is -0.391 e. The molecule has 0 aromatic heterocycles. The Kier molecular flexibility index (Phi) is 2.70. The largest absolute Gasteiger partial charge is 0.391 e. The van der Waals surface area contributed by atoms with E-state index in [0.717, 1.165) is 6.07 Å². The molecule has 0 bridgehead atoms. The number of hydrogen-bond donors (Lipinski definition) is 1. The molecule has 2 nitrogen and oxygen atoms in total. The van der Waals surface area contributed by atoms with Crippen molar-refractivity contribution < 1.29 is 13.4 Å². The molecule has 64 valence electrons. The van der Waals surface area contributed by atoms with E-state index in [1.165, 1.54) is 12.1 Å². The number of thiol groups is 1. The van der Waals surface area contributed by atoms with Gasteiger partial charge in [-0.25, -0.2) is 9.18 Å². The number of carbonyl (C=O) groups excluding carboxylic acids is 1. The highest BCUT2D eigenvalue weighted by molar-refractivity contribution is 7.75. The van der Waals surface area contributed by atoms with E-state index in [-0.39, 0.29) is 5.56 Å². The standard InChI is InChI=1S/C8H7FO2S/c1-5-2-3-6(4-7(5)9)8(10)11-12/h2-4,12H,1H3. The van der Waals surface area contributed by atoms with Crippen LogP contribution >= 0.6 is 12.9 Å². The Balaban J connectivity index is 3.05. The third kappa shape index (κ3) is 1.76. The first-order valence-electron chi connectivity index (χ1n) is 3.27. The van der Waals surface area contributed by atoms with Crippen LogP contribution in [0.5, 0.6) is 0 Å². The molecule has 0 spiro atoms. The van der Waals surface area contributed by atoms with Gasteiger partial charge in [-0.15, -0.1) is 0 Å². The van der Waals surface area contributed by atoms with Gasteiger partial charge >= 0.3 is 5.97 Å². The summed E-state index contributed by atoms with van der Waals surface area (Å²) >= 11 is 3.32. The zero-order chi connectivity index (χ0) is 9.14. The van der Waals surface area contributed by atoms with Crippen molar-refractivity contribution in [1.82, 2.24) is 0 Å². The number of benzene rings is 1. The lowest BCUT2D eigenvalue weighted by molar-refractivity contribution is 0.0771. The molecule has 1 rings (SSSR count). The molecule has 0 saturated heterocycles. The molecule has 4 heteroatoms. The van der Waals surface area contributed by atoms with Gasteiger partial charge < -0.3 is 4.18 Å². The Morgan fingerprint density at radius 2 is 2.25 bits per heavy atom. The molecule has 0 fully saturated rings. The van der Waals surface area contributed by atoms with Crippen molar-refractivity contribution in [3.63, 3.8) is 0 Å². The third-order valence-corrected chi connectivity index (χ3v) is 1.66. The van der Waals surface area contributed by atoms with Crippen molar-refractivity contribution in [2.24, 2.45) is 0 Å². The SMILES string of the molecule is Cc1ccc(C(=O)OS)cc1F. The van der Waals surface area contributed by atoms with Crippen LogP contribution in [0.4, 0.5) is 4.39 Å². The molecule has 1 aromatic carbocycles. The first kappa shape index (κ1) is 9.06. The molecule has 0 unspecified atom stereocenters. The molecule has 0 aliphatic rings. The lowest BCUT2D eigenvalue weighted by atomic mass is 10.1. The molecule has 0 N–H and O–H groups in total. The molecular weight excluding hydrogens is 179 g/mol. The quantitative estimate of drug-likeness (QED) is 0.537. The van der Waals surface area contributed by atoms with Crippen molar-refractivity contribution >= 4 is 18.9 Å². The zero-order valence-corrected chi connectivity index (χ0v) is 7.27. The van der Waals surface area contributed by atoms with Gasteiger partial charge in [-0.05, 0) is 24.6 Å². The lowest BCUT2D eigenvalue weighted by Crippen LogP contribution is -1.99. The minimum atomic E-state index is -0.655. The Hall–Kier alpha value is -1.03. The Labute approximate surface area is 75.0 Å². The highest BCUT2D eigenvalue weighted by atomic mass is 32.1. The average Bonchev–Trinajstić information content (AvgIpc) is 2.08. The van der Waals surface area contributed by atoms with Gasteiger partial charge in [0.05, 0.1) is 5.56 Å². The second-order valence-corrected chi connectivity index (χ2v) is 2.53. The summed E-state index contributed by atoms with van der Waals surface area (Å²) < 4.78 is 17.0. The normalized spacial score (nSPS) is 9.58. The van der Waals surface area contributed by atoms with Crippen molar-refractivity contribution in [3.05, 3.63) is 35.1 Å². The second-order valence-electron chi connectivity index (χ2n) is 2.34. The average molecular weight is 186 g/mol. The third-order valence-electron chi connectivity index (χ3n) is 1.49. The Morgan fingerprint density at radius 1 is 1.58 bits per heavy atom. The summed E-state index contributed by atoms with van der Waals surface area (Å²) in [5.74, 6) is -1.08. The summed E-state index contributed by atoms with van der Waals surface area (Å²) in [6.07, 6.45) is 0. The molecule has 12 heavy (non-hydrogen) atoms. The van der Waals surface area contributed by atoms with E-state index >= 15 is 0 Å². The minimum absolute atomic E-state index is 0.160. The summed E-state index contributed by atoms with van der Waals surface area (Å²) in [5.41, 5.74) is 0.652. The molecule has 0 saturated carbocycles. The van der Waals surface area contributed by atoms with Gasteiger partial charge in [0, 0.05) is 12.9 Å². The van der Waals surface area contributed by atoms with Crippen LogP contribution in [0.15, 0.2) is 18.2 Å². The van der Waals surface area contributed by atoms with Gasteiger partial charge in [0.2, 0.25) is 0 Å². The summed E-state index contributed by atoms with van der Waals surface area (Å²) in [7, 11) is 0. The predicted octanol–water partition coefficient (Wildman–Crippen LogP) is 2.14. The van der Waals surface area contributed by atoms with Crippen LogP contribution in [0, 0.1) is 12.7 Å². The Bertz CT molecular complexity index is 312. The number of aryl methyl sites for hydroxylation is 1. The number of rotatable bonds is 1.